The van der Waals surface area contributed by atoms with Crippen molar-refractivity contribution in [3.63, 3.8) is 0 Å². The predicted molar refractivity (Wildman–Crippen MR) is 154 cm³/mol. The topological polar surface area (TPSA) is 81.4 Å². The molecule has 0 saturated carbocycles. The summed E-state index contributed by atoms with van der Waals surface area (Å²) >= 11 is 0. The van der Waals surface area contributed by atoms with Crippen molar-refractivity contribution in [2.24, 2.45) is 5.92 Å². The Hall–Kier alpha value is -3.22. The van der Waals surface area contributed by atoms with Crippen LogP contribution in [0.5, 0.6) is 0 Å². The van der Waals surface area contributed by atoms with E-state index in [9.17, 15) is 0 Å². The number of hydrogen-bond acceptors (Lipinski definition) is 4. The Kier molecular flexibility index (Phi) is 9.31. The molecule has 37 heavy (non-hydrogen) atoms. The van der Waals surface area contributed by atoms with Crippen molar-refractivity contribution >= 4 is 0 Å². The van der Waals surface area contributed by atoms with E-state index >= 15 is 0 Å². The summed E-state index contributed by atoms with van der Waals surface area (Å²) in [6, 6.07) is 17.9. The lowest BCUT2D eigenvalue weighted by molar-refractivity contribution is 0.424. The third-order valence-electron chi connectivity index (χ3n) is 6.78. The maximum Gasteiger partial charge on any atom is 0.123 e. The van der Waals surface area contributed by atoms with E-state index < -0.39 is 0 Å². The van der Waals surface area contributed by atoms with Crippen LogP contribution in [0, 0.1) is 5.92 Å². The molecule has 6 heteroatoms. The Balaban J connectivity index is 1.45. The van der Waals surface area contributed by atoms with Crippen LogP contribution in [0.2, 0.25) is 0 Å². The first-order chi connectivity index (χ1) is 18.0. The first kappa shape index (κ1) is 26.8. The molecule has 0 radical (unpaired) electrons. The first-order valence-electron chi connectivity index (χ1n) is 13.8. The second-order valence-electron chi connectivity index (χ2n) is 10.2. The highest BCUT2D eigenvalue weighted by Crippen LogP contribution is 2.28. The molecule has 196 valence electrons. The minimum Gasteiger partial charge on any atom is -0.341 e. The highest BCUT2D eigenvalue weighted by Gasteiger charge is 2.16. The molecule has 0 unspecified atom stereocenters. The summed E-state index contributed by atoms with van der Waals surface area (Å²) in [7, 11) is 0. The largest absolute Gasteiger partial charge is 0.341 e. The summed E-state index contributed by atoms with van der Waals surface area (Å²) in [6.07, 6.45) is 7.07. The van der Waals surface area contributed by atoms with Crippen molar-refractivity contribution in [1.82, 2.24) is 30.6 Å². The summed E-state index contributed by atoms with van der Waals surface area (Å²) in [5, 5.41) is 7.12. The second-order valence-corrected chi connectivity index (χ2v) is 10.2. The van der Waals surface area contributed by atoms with Gasteiger partial charge in [0.25, 0.3) is 0 Å². The lowest BCUT2D eigenvalue weighted by Gasteiger charge is -2.17. The lowest BCUT2D eigenvalue weighted by atomic mass is 10.0. The van der Waals surface area contributed by atoms with Gasteiger partial charge in [-0.1, -0.05) is 83.1 Å². The van der Waals surface area contributed by atoms with Crippen LogP contribution in [0.1, 0.15) is 77.6 Å². The van der Waals surface area contributed by atoms with Crippen LogP contribution < -0.4 is 10.6 Å². The van der Waals surface area contributed by atoms with Gasteiger partial charge in [-0.2, -0.15) is 0 Å². The molecule has 2 aromatic heterocycles. The van der Waals surface area contributed by atoms with Crippen LogP contribution in [0.25, 0.3) is 33.6 Å². The Labute approximate surface area is 221 Å². The Morgan fingerprint density at radius 2 is 1.16 bits per heavy atom. The van der Waals surface area contributed by atoms with Crippen LogP contribution in [0.4, 0.5) is 0 Å². The molecule has 4 aromatic rings. The Bertz CT molecular complexity index is 1220. The van der Waals surface area contributed by atoms with E-state index in [1.807, 2.05) is 12.4 Å². The molecule has 0 aliphatic heterocycles. The summed E-state index contributed by atoms with van der Waals surface area (Å²) in [4.78, 5) is 16.4. The van der Waals surface area contributed by atoms with Gasteiger partial charge in [-0.25, -0.2) is 9.97 Å². The van der Waals surface area contributed by atoms with Crippen LogP contribution in [-0.2, 0) is 0 Å². The van der Waals surface area contributed by atoms with Gasteiger partial charge >= 0.3 is 0 Å². The quantitative estimate of drug-likeness (QED) is 0.156. The van der Waals surface area contributed by atoms with Crippen LogP contribution in [0.3, 0.4) is 0 Å². The standard InChI is InChI=1S/C31H42N6/c1-6-17-33-26(7-2)30-34-19-28(36-30)24-13-9-22(10-14-24)23-11-15-25(16-12-23)29-20-35-31(37-29)27(32-8-3)18-21(4)5/h9-16,19-21,26-27,32-33H,6-8,17-18H2,1-5H3,(H,34,36)(H,35,37)/t26-,27-/m0/s1. The van der Waals surface area contributed by atoms with Crippen molar-refractivity contribution in [2.45, 2.75) is 66.0 Å². The summed E-state index contributed by atoms with van der Waals surface area (Å²) in [5.74, 6) is 2.63. The monoisotopic (exact) mass is 498 g/mol. The minimum atomic E-state index is 0.253. The van der Waals surface area contributed by atoms with Gasteiger partial charge in [0.05, 0.1) is 35.9 Å². The molecule has 4 N–H and O–H groups in total. The third-order valence-corrected chi connectivity index (χ3v) is 6.78. The molecule has 0 amide bonds. The second kappa shape index (κ2) is 12.8. The van der Waals surface area contributed by atoms with E-state index in [2.05, 4.69) is 114 Å². The van der Waals surface area contributed by atoms with Gasteiger partial charge in [0.2, 0.25) is 0 Å². The van der Waals surface area contributed by atoms with Gasteiger partial charge in [0.1, 0.15) is 11.6 Å². The Morgan fingerprint density at radius 3 is 1.59 bits per heavy atom. The highest BCUT2D eigenvalue weighted by atomic mass is 15.0. The summed E-state index contributed by atoms with van der Waals surface area (Å²) < 4.78 is 0. The van der Waals surface area contributed by atoms with Crippen molar-refractivity contribution in [2.75, 3.05) is 13.1 Å². The van der Waals surface area contributed by atoms with Crippen LogP contribution in [0.15, 0.2) is 60.9 Å². The van der Waals surface area contributed by atoms with Crippen molar-refractivity contribution in [1.29, 1.82) is 0 Å². The molecule has 0 saturated heterocycles. The number of hydrogen-bond donors (Lipinski definition) is 4. The number of aromatic nitrogens is 4. The van der Waals surface area contributed by atoms with E-state index in [4.69, 9.17) is 0 Å². The molecular formula is C31H42N6. The fourth-order valence-corrected chi connectivity index (χ4v) is 4.77. The Morgan fingerprint density at radius 1 is 0.676 bits per heavy atom. The number of aromatic amines is 2. The molecule has 2 atom stereocenters. The third kappa shape index (κ3) is 6.76. The first-order valence-corrected chi connectivity index (χ1v) is 13.8. The van der Waals surface area contributed by atoms with Crippen molar-refractivity contribution in [3.05, 3.63) is 72.6 Å². The molecule has 2 aromatic carbocycles. The molecule has 4 rings (SSSR count). The number of H-pyrrole nitrogens is 2. The molecule has 0 aliphatic carbocycles. The number of nitrogens with one attached hydrogen (secondary N) is 4. The molecule has 0 fully saturated rings. The lowest BCUT2D eigenvalue weighted by Crippen LogP contribution is -2.23. The van der Waals surface area contributed by atoms with Gasteiger partial charge in [0, 0.05) is 0 Å². The number of benzene rings is 2. The van der Waals surface area contributed by atoms with Gasteiger partial charge in [-0.15, -0.1) is 0 Å². The molecular weight excluding hydrogens is 456 g/mol. The summed E-state index contributed by atoms with van der Waals surface area (Å²) in [5.41, 5.74) is 6.78. The van der Waals surface area contributed by atoms with Crippen molar-refractivity contribution in [3.8, 4) is 33.6 Å². The van der Waals surface area contributed by atoms with E-state index in [0.717, 1.165) is 66.5 Å². The fraction of sp³-hybridized carbons (Fsp3) is 0.419. The molecule has 2 heterocycles. The predicted octanol–water partition coefficient (Wildman–Crippen LogP) is 7.28. The zero-order chi connectivity index (χ0) is 26.2. The maximum atomic E-state index is 4.69. The van der Waals surface area contributed by atoms with Gasteiger partial charge in [0.15, 0.2) is 0 Å². The highest BCUT2D eigenvalue weighted by molar-refractivity contribution is 5.71. The molecule has 0 bridgehead atoms. The van der Waals surface area contributed by atoms with Gasteiger partial charge in [-0.05, 0) is 60.5 Å². The minimum absolute atomic E-state index is 0.253. The van der Waals surface area contributed by atoms with E-state index in [0.29, 0.717) is 5.92 Å². The normalized spacial score (nSPS) is 13.2. The van der Waals surface area contributed by atoms with Gasteiger partial charge < -0.3 is 20.6 Å². The van der Waals surface area contributed by atoms with Gasteiger partial charge in [-0.3, -0.25) is 0 Å². The molecule has 0 aliphatic rings. The smallest absolute Gasteiger partial charge is 0.123 e. The molecule has 6 nitrogen and oxygen atoms in total. The van der Waals surface area contributed by atoms with Crippen molar-refractivity contribution < 1.29 is 0 Å². The number of imidazole rings is 2. The number of rotatable bonds is 13. The number of nitrogens with zero attached hydrogens (tertiary/aromatic N) is 2. The van der Waals surface area contributed by atoms with E-state index in [1.165, 1.54) is 11.1 Å². The van der Waals surface area contributed by atoms with Crippen LogP contribution in [-0.4, -0.2) is 33.0 Å². The van der Waals surface area contributed by atoms with Crippen LogP contribution >= 0.6 is 0 Å². The SMILES string of the molecule is CCCN[C@@H](CC)c1ncc(-c2ccc(-c3ccc(-c4cnc([C@H](CC(C)C)NCC)[nH]4)cc3)cc2)[nH]1. The zero-order valence-corrected chi connectivity index (χ0v) is 22.9. The van der Waals surface area contributed by atoms with E-state index in [1.54, 1.807) is 0 Å². The fourth-order valence-electron chi connectivity index (χ4n) is 4.77. The maximum absolute atomic E-state index is 4.69. The zero-order valence-electron chi connectivity index (χ0n) is 22.9. The van der Waals surface area contributed by atoms with E-state index in [-0.39, 0.29) is 12.1 Å². The molecule has 0 spiro atoms. The average Bonchev–Trinajstić information content (AvgIpc) is 3.60. The summed E-state index contributed by atoms with van der Waals surface area (Å²) in [6.45, 7) is 12.9. The average molecular weight is 499 g/mol.